The van der Waals surface area contributed by atoms with Crippen molar-refractivity contribution in [3.8, 4) is 0 Å². The molecule has 6 N–H and O–H groups in total. The second kappa shape index (κ2) is 38.8. The number of hydrogen-bond donors (Lipinski definition) is 6. The van der Waals surface area contributed by atoms with E-state index in [1.54, 1.807) is 0 Å². The molecule has 336 valence electrons. The van der Waals surface area contributed by atoms with Gasteiger partial charge < -0.3 is 40.3 Å². The predicted octanol–water partition coefficient (Wildman–Crippen LogP) is 10.3. The molecule has 1 fully saturated rings. The highest BCUT2D eigenvalue weighted by Gasteiger charge is 2.44. The summed E-state index contributed by atoms with van der Waals surface area (Å²) in [7, 11) is 0. The maximum absolute atomic E-state index is 13.0. The first-order chi connectivity index (χ1) is 27.8. The predicted molar refractivity (Wildman–Crippen MR) is 235 cm³/mol. The van der Waals surface area contributed by atoms with Gasteiger partial charge in [0.25, 0.3) is 0 Å². The highest BCUT2D eigenvalue weighted by atomic mass is 16.7. The van der Waals surface area contributed by atoms with Crippen molar-refractivity contribution in [3.63, 3.8) is 0 Å². The Morgan fingerprint density at radius 3 is 1.51 bits per heavy atom. The monoisotopic (exact) mass is 810 g/mol. The Kier molecular flexibility index (Phi) is 36.6. The molecule has 0 aromatic heterocycles. The summed E-state index contributed by atoms with van der Waals surface area (Å²) in [6.07, 6.45) is 39.2. The molecule has 0 radical (unpaired) electrons. The summed E-state index contributed by atoms with van der Waals surface area (Å²) in [5.41, 5.74) is 0. The highest BCUT2D eigenvalue weighted by Crippen LogP contribution is 2.23. The summed E-state index contributed by atoms with van der Waals surface area (Å²) in [5.74, 6) is -0.147. The number of carbonyl (C=O) groups excluding carboxylic acids is 1. The van der Waals surface area contributed by atoms with Crippen molar-refractivity contribution < 1.29 is 39.8 Å². The molecule has 1 heterocycles. The second-order valence-corrected chi connectivity index (χ2v) is 16.9. The summed E-state index contributed by atoms with van der Waals surface area (Å²) in [6.45, 7) is 3.80. The van der Waals surface area contributed by atoms with E-state index in [9.17, 15) is 30.3 Å². The van der Waals surface area contributed by atoms with E-state index in [4.69, 9.17) is 9.47 Å². The van der Waals surface area contributed by atoms with Crippen molar-refractivity contribution >= 4 is 5.91 Å². The van der Waals surface area contributed by atoms with Gasteiger partial charge in [-0.1, -0.05) is 192 Å². The summed E-state index contributed by atoms with van der Waals surface area (Å²) < 4.78 is 11.2. The maximum atomic E-state index is 13.0. The van der Waals surface area contributed by atoms with Gasteiger partial charge in [-0.2, -0.15) is 0 Å². The number of allylic oxidation sites excluding steroid dienone is 4. The topological polar surface area (TPSA) is 149 Å². The zero-order chi connectivity index (χ0) is 41.6. The first-order valence-corrected chi connectivity index (χ1v) is 24.0. The molecule has 7 atom stereocenters. The zero-order valence-corrected chi connectivity index (χ0v) is 36.9. The molecule has 1 rings (SSSR count). The number of aliphatic hydroxyl groups is 5. The molecule has 0 aliphatic carbocycles. The van der Waals surface area contributed by atoms with E-state index >= 15 is 0 Å². The van der Waals surface area contributed by atoms with E-state index in [0.29, 0.717) is 12.8 Å². The molecule has 1 saturated heterocycles. The molecule has 0 spiro atoms. The van der Waals surface area contributed by atoms with Crippen LogP contribution in [0.1, 0.15) is 219 Å². The van der Waals surface area contributed by atoms with Gasteiger partial charge in [-0.3, -0.25) is 4.79 Å². The third kappa shape index (κ3) is 29.5. The van der Waals surface area contributed by atoms with Crippen molar-refractivity contribution in [1.29, 1.82) is 0 Å². The lowest BCUT2D eigenvalue weighted by Crippen LogP contribution is -2.60. The minimum Gasteiger partial charge on any atom is -0.394 e. The average molecular weight is 810 g/mol. The number of hydrogen-bond acceptors (Lipinski definition) is 8. The third-order valence-electron chi connectivity index (χ3n) is 11.6. The Labute approximate surface area is 349 Å². The van der Waals surface area contributed by atoms with Gasteiger partial charge in [-0.15, -0.1) is 0 Å². The normalized spacial score (nSPS) is 21.1. The lowest BCUT2D eigenvalue weighted by atomic mass is 9.99. The minimum absolute atomic E-state index is 0.137. The lowest BCUT2D eigenvalue weighted by molar-refractivity contribution is -0.302. The highest BCUT2D eigenvalue weighted by molar-refractivity contribution is 5.76. The number of amides is 1. The fraction of sp³-hybridized carbons (Fsp3) is 0.896. The molecular weight excluding hydrogens is 719 g/mol. The minimum atomic E-state index is -1.55. The number of carbonyl (C=O) groups is 1. The zero-order valence-electron chi connectivity index (χ0n) is 36.9. The van der Waals surface area contributed by atoms with E-state index in [-0.39, 0.29) is 12.5 Å². The summed E-state index contributed by atoms with van der Waals surface area (Å²) in [6, 6.07) is -0.715. The van der Waals surface area contributed by atoms with Crippen LogP contribution in [-0.4, -0.2) is 87.5 Å². The van der Waals surface area contributed by atoms with Crippen molar-refractivity contribution in [2.45, 2.75) is 262 Å². The molecule has 0 aromatic carbocycles. The number of unbranched alkanes of at least 4 members (excludes halogenated alkanes) is 26. The lowest BCUT2D eigenvalue weighted by Gasteiger charge is -2.40. The van der Waals surface area contributed by atoms with E-state index < -0.39 is 49.5 Å². The van der Waals surface area contributed by atoms with Gasteiger partial charge in [0.05, 0.1) is 25.4 Å². The van der Waals surface area contributed by atoms with Crippen LogP contribution in [-0.2, 0) is 14.3 Å². The van der Waals surface area contributed by atoms with E-state index in [1.165, 1.54) is 148 Å². The van der Waals surface area contributed by atoms with Gasteiger partial charge in [-0.25, -0.2) is 0 Å². The molecule has 0 saturated carbocycles. The average Bonchev–Trinajstić information content (AvgIpc) is 3.21. The first-order valence-electron chi connectivity index (χ1n) is 24.0. The summed E-state index contributed by atoms with van der Waals surface area (Å²) >= 11 is 0. The van der Waals surface area contributed by atoms with Crippen LogP contribution in [0.2, 0.25) is 0 Å². The molecular formula is C48H91NO8. The van der Waals surface area contributed by atoms with Crippen LogP contribution in [0, 0.1) is 0 Å². The van der Waals surface area contributed by atoms with Crippen molar-refractivity contribution in [1.82, 2.24) is 5.32 Å². The SMILES string of the molecule is CCCCCCC/C=C\C/C=C\CCCCCCCCCCCCCCCC(=O)NC(COC1OC(CO)C(O)C(O)C1O)C(O)CCCCCCCCCCC. The largest absolute Gasteiger partial charge is 0.394 e. The number of aliphatic hydroxyl groups excluding tert-OH is 5. The van der Waals surface area contributed by atoms with E-state index in [1.807, 2.05) is 0 Å². The summed E-state index contributed by atoms with van der Waals surface area (Å²) in [5, 5.41) is 54.2. The van der Waals surface area contributed by atoms with Crippen LogP contribution in [0.4, 0.5) is 0 Å². The van der Waals surface area contributed by atoms with E-state index in [0.717, 1.165) is 44.9 Å². The number of nitrogens with one attached hydrogen (secondary N) is 1. The van der Waals surface area contributed by atoms with Gasteiger partial charge in [0.2, 0.25) is 5.91 Å². The molecule has 0 bridgehead atoms. The van der Waals surface area contributed by atoms with Crippen molar-refractivity contribution in [2.75, 3.05) is 13.2 Å². The van der Waals surface area contributed by atoms with Crippen LogP contribution < -0.4 is 5.32 Å². The number of ether oxygens (including phenoxy) is 2. The summed E-state index contributed by atoms with van der Waals surface area (Å²) in [4.78, 5) is 13.0. The van der Waals surface area contributed by atoms with Crippen LogP contribution in [0.3, 0.4) is 0 Å². The first kappa shape index (κ1) is 53.7. The molecule has 9 nitrogen and oxygen atoms in total. The molecule has 0 aromatic rings. The Balaban J connectivity index is 2.19. The quantitative estimate of drug-likeness (QED) is 0.0265. The smallest absolute Gasteiger partial charge is 0.220 e. The molecule has 1 aliphatic heterocycles. The fourth-order valence-corrected chi connectivity index (χ4v) is 7.66. The van der Waals surface area contributed by atoms with Gasteiger partial charge in [0.15, 0.2) is 6.29 Å². The van der Waals surface area contributed by atoms with Gasteiger partial charge in [-0.05, 0) is 44.9 Å². The molecule has 57 heavy (non-hydrogen) atoms. The van der Waals surface area contributed by atoms with Gasteiger partial charge in [0.1, 0.15) is 24.4 Å². The van der Waals surface area contributed by atoms with Crippen molar-refractivity contribution in [3.05, 3.63) is 24.3 Å². The van der Waals surface area contributed by atoms with Crippen LogP contribution in [0.15, 0.2) is 24.3 Å². The molecule has 1 amide bonds. The fourth-order valence-electron chi connectivity index (χ4n) is 7.66. The standard InChI is InChI=1S/C48H91NO8/c1-3-5-7-9-11-13-14-15-16-17-18-19-20-21-22-23-24-25-26-27-28-30-32-34-36-38-44(52)49-41(42(51)37-35-33-31-29-12-10-8-6-4-2)40-56-48-47(55)46(54)45(53)43(39-50)57-48/h14-15,17-18,41-43,45-48,50-51,53-55H,3-13,16,19-40H2,1-2H3,(H,49,52)/b15-14-,18-17-. The van der Waals surface area contributed by atoms with Crippen LogP contribution in [0.25, 0.3) is 0 Å². The van der Waals surface area contributed by atoms with E-state index in [2.05, 4.69) is 43.5 Å². The Morgan fingerprint density at radius 1 is 0.596 bits per heavy atom. The van der Waals surface area contributed by atoms with Gasteiger partial charge in [0, 0.05) is 6.42 Å². The Morgan fingerprint density at radius 2 is 1.04 bits per heavy atom. The second-order valence-electron chi connectivity index (χ2n) is 16.9. The van der Waals surface area contributed by atoms with Gasteiger partial charge >= 0.3 is 0 Å². The Bertz CT molecular complexity index is 945. The number of rotatable bonds is 40. The van der Waals surface area contributed by atoms with Crippen molar-refractivity contribution in [2.24, 2.45) is 0 Å². The third-order valence-corrected chi connectivity index (χ3v) is 11.6. The van der Waals surface area contributed by atoms with Crippen LogP contribution >= 0.6 is 0 Å². The Hall–Kier alpha value is -1.33. The molecule has 1 aliphatic rings. The maximum Gasteiger partial charge on any atom is 0.220 e. The molecule has 7 unspecified atom stereocenters. The molecule has 9 heteroatoms. The van der Waals surface area contributed by atoms with Crippen LogP contribution in [0.5, 0.6) is 0 Å².